The second-order valence-electron chi connectivity index (χ2n) is 8.35. The van der Waals surface area contributed by atoms with Crippen molar-refractivity contribution in [3.05, 3.63) is 93.8 Å². The largest absolute Gasteiger partial charge is 0.497 e. The van der Waals surface area contributed by atoms with Crippen LogP contribution in [0.2, 0.25) is 0 Å². The minimum absolute atomic E-state index is 0.0380. The maximum absolute atomic E-state index is 13.7. The quantitative estimate of drug-likeness (QED) is 0.419. The van der Waals surface area contributed by atoms with E-state index in [1.807, 2.05) is 25.1 Å². The van der Waals surface area contributed by atoms with E-state index in [0.717, 1.165) is 10.9 Å². The molecule has 0 fully saturated rings. The molecule has 1 N–H and O–H groups in total. The molecule has 0 atom stereocenters. The van der Waals surface area contributed by atoms with Crippen LogP contribution in [0.4, 0.5) is 0 Å². The first kappa shape index (κ1) is 22.9. The van der Waals surface area contributed by atoms with Crippen molar-refractivity contribution in [2.75, 3.05) is 13.9 Å². The SMILES string of the molecule is COc1ccc(S(=O)(=O)N(Cc2ccc3c(c2)OCO3)Cc2cc3cc(C)ccc3[nH]c2=O)cc1. The third-order valence-electron chi connectivity index (χ3n) is 5.92. The molecule has 0 saturated carbocycles. The fourth-order valence-electron chi connectivity index (χ4n) is 4.04. The summed E-state index contributed by atoms with van der Waals surface area (Å²) in [5, 5.41) is 0.837. The standard InChI is InChI=1S/C26H24N2O6S/c1-17-3-9-23-19(11-17)13-20(26(29)27-23)15-28(14-18-4-10-24-25(12-18)34-16-33-24)35(30,31)22-7-5-21(32-2)6-8-22/h3-13H,14-16H2,1-2H3,(H,27,29). The van der Waals surface area contributed by atoms with Crippen LogP contribution in [0.3, 0.4) is 0 Å². The molecule has 0 spiro atoms. The summed E-state index contributed by atoms with van der Waals surface area (Å²) < 4.78 is 44.7. The number of hydrogen-bond acceptors (Lipinski definition) is 6. The molecule has 0 radical (unpaired) electrons. The molecule has 5 rings (SSSR count). The zero-order valence-electron chi connectivity index (χ0n) is 19.3. The summed E-state index contributed by atoms with van der Waals surface area (Å²) in [6.07, 6.45) is 0. The van der Waals surface area contributed by atoms with E-state index >= 15 is 0 Å². The van der Waals surface area contributed by atoms with Gasteiger partial charge in [0.15, 0.2) is 11.5 Å². The van der Waals surface area contributed by atoms with Gasteiger partial charge >= 0.3 is 0 Å². The van der Waals surface area contributed by atoms with Gasteiger partial charge in [-0.05, 0) is 72.5 Å². The van der Waals surface area contributed by atoms with Crippen molar-refractivity contribution in [1.82, 2.24) is 9.29 Å². The number of rotatable bonds is 7. The minimum Gasteiger partial charge on any atom is -0.497 e. The molecular weight excluding hydrogens is 468 g/mol. The fraction of sp³-hybridized carbons (Fsp3) is 0.192. The average molecular weight is 493 g/mol. The van der Waals surface area contributed by atoms with Crippen molar-refractivity contribution in [3.63, 3.8) is 0 Å². The molecule has 0 amide bonds. The maximum atomic E-state index is 13.7. The molecular formula is C26H24N2O6S. The van der Waals surface area contributed by atoms with Gasteiger partial charge in [-0.3, -0.25) is 4.79 Å². The van der Waals surface area contributed by atoms with E-state index in [0.29, 0.717) is 33.9 Å². The minimum atomic E-state index is -3.96. The van der Waals surface area contributed by atoms with Gasteiger partial charge in [-0.2, -0.15) is 4.31 Å². The number of nitrogens with one attached hydrogen (secondary N) is 1. The number of fused-ring (bicyclic) bond motifs is 2. The third kappa shape index (κ3) is 4.60. The predicted molar refractivity (Wildman–Crippen MR) is 131 cm³/mol. The Hall–Kier alpha value is -3.82. The molecule has 1 aromatic heterocycles. The van der Waals surface area contributed by atoms with Crippen molar-refractivity contribution in [1.29, 1.82) is 0 Å². The van der Waals surface area contributed by atoms with E-state index in [1.165, 1.54) is 23.5 Å². The Labute approximate surface area is 202 Å². The fourth-order valence-corrected chi connectivity index (χ4v) is 5.45. The van der Waals surface area contributed by atoms with E-state index < -0.39 is 10.0 Å². The van der Waals surface area contributed by atoms with Gasteiger partial charge in [-0.1, -0.05) is 17.7 Å². The van der Waals surface area contributed by atoms with Gasteiger partial charge in [-0.15, -0.1) is 0 Å². The lowest BCUT2D eigenvalue weighted by Gasteiger charge is -2.23. The van der Waals surface area contributed by atoms with Gasteiger partial charge in [0.1, 0.15) is 5.75 Å². The number of sulfonamides is 1. The summed E-state index contributed by atoms with van der Waals surface area (Å²) in [6, 6.07) is 18.9. The number of aromatic amines is 1. The second kappa shape index (κ2) is 9.09. The Morgan fingerprint density at radius 2 is 1.71 bits per heavy atom. The second-order valence-corrected chi connectivity index (χ2v) is 10.3. The topological polar surface area (TPSA) is 97.9 Å². The molecule has 0 unspecified atom stereocenters. The Kier molecular flexibility index (Phi) is 5.96. The Morgan fingerprint density at radius 1 is 0.943 bits per heavy atom. The highest BCUT2D eigenvalue weighted by molar-refractivity contribution is 7.89. The number of aromatic nitrogens is 1. The monoisotopic (exact) mass is 492 g/mol. The van der Waals surface area contributed by atoms with Crippen LogP contribution >= 0.6 is 0 Å². The number of pyridine rings is 1. The first-order valence-corrected chi connectivity index (χ1v) is 12.4. The lowest BCUT2D eigenvalue weighted by molar-refractivity contribution is 0.174. The zero-order valence-corrected chi connectivity index (χ0v) is 20.1. The predicted octanol–water partition coefficient (Wildman–Crippen LogP) is 3.96. The lowest BCUT2D eigenvalue weighted by Crippen LogP contribution is -2.32. The maximum Gasteiger partial charge on any atom is 0.252 e. The van der Waals surface area contributed by atoms with Gasteiger partial charge in [0, 0.05) is 24.2 Å². The van der Waals surface area contributed by atoms with Crippen LogP contribution in [0.25, 0.3) is 10.9 Å². The normalized spacial score (nSPS) is 12.9. The molecule has 2 heterocycles. The van der Waals surface area contributed by atoms with Crippen molar-refractivity contribution < 1.29 is 22.6 Å². The van der Waals surface area contributed by atoms with Crippen LogP contribution in [-0.2, 0) is 23.1 Å². The van der Waals surface area contributed by atoms with E-state index in [1.54, 1.807) is 36.4 Å². The number of H-pyrrole nitrogens is 1. The molecule has 0 saturated heterocycles. The summed E-state index contributed by atoms with van der Waals surface area (Å²) in [5.41, 5.74) is 2.46. The van der Waals surface area contributed by atoms with Gasteiger partial charge in [0.2, 0.25) is 16.8 Å². The number of benzene rings is 3. The first-order chi connectivity index (χ1) is 16.8. The van der Waals surface area contributed by atoms with Crippen LogP contribution in [-0.4, -0.2) is 31.6 Å². The van der Waals surface area contributed by atoms with Crippen LogP contribution in [0.1, 0.15) is 16.7 Å². The van der Waals surface area contributed by atoms with Crippen LogP contribution < -0.4 is 19.8 Å². The van der Waals surface area contributed by atoms with Crippen LogP contribution in [0.15, 0.2) is 76.4 Å². The number of aryl methyl sites for hydroxylation is 1. The molecule has 9 heteroatoms. The Bertz CT molecular complexity index is 1560. The summed E-state index contributed by atoms with van der Waals surface area (Å²) in [4.78, 5) is 15.8. The first-order valence-electron chi connectivity index (χ1n) is 11.0. The molecule has 35 heavy (non-hydrogen) atoms. The Morgan fingerprint density at radius 3 is 2.49 bits per heavy atom. The molecule has 4 aromatic rings. The van der Waals surface area contributed by atoms with Gasteiger partial charge in [-0.25, -0.2) is 8.42 Å². The number of ether oxygens (including phenoxy) is 3. The van der Waals surface area contributed by atoms with Crippen molar-refractivity contribution in [2.45, 2.75) is 24.9 Å². The molecule has 0 bridgehead atoms. The number of methoxy groups -OCH3 is 1. The molecule has 180 valence electrons. The van der Waals surface area contributed by atoms with E-state index in [9.17, 15) is 13.2 Å². The number of hydrogen-bond donors (Lipinski definition) is 1. The van der Waals surface area contributed by atoms with Gasteiger partial charge < -0.3 is 19.2 Å². The molecule has 3 aromatic carbocycles. The van der Waals surface area contributed by atoms with Crippen molar-refractivity contribution in [3.8, 4) is 17.2 Å². The molecule has 1 aliphatic heterocycles. The van der Waals surface area contributed by atoms with Crippen molar-refractivity contribution in [2.24, 2.45) is 0 Å². The van der Waals surface area contributed by atoms with Crippen LogP contribution in [0, 0.1) is 6.92 Å². The van der Waals surface area contributed by atoms with E-state index in [-0.39, 0.29) is 30.3 Å². The zero-order chi connectivity index (χ0) is 24.6. The lowest BCUT2D eigenvalue weighted by atomic mass is 10.1. The van der Waals surface area contributed by atoms with Crippen molar-refractivity contribution >= 4 is 20.9 Å². The summed E-state index contributed by atoms with van der Waals surface area (Å²) in [6.45, 7) is 2.02. The number of nitrogens with zero attached hydrogens (tertiary/aromatic N) is 1. The van der Waals surface area contributed by atoms with E-state index in [2.05, 4.69) is 4.98 Å². The highest BCUT2D eigenvalue weighted by atomic mass is 32.2. The summed E-state index contributed by atoms with van der Waals surface area (Å²) in [7, 11) is -2.44. The third-order valence-corrected chi connectivity index (χ3v) is 7.72. The van der Waals surface area contributed by atoms with Crippen LogP contribution in [0.5, 0.6) is 17.2 Å². The molecule has 1 aliphatic rings. The highest BCUT2D eigenvalue weighted by Crippen LogP contribution is 2.33. The summed E-state index contributed by atoms with van der Waals surface area (Å²) in [5.74, 6) is 1.72. The van der Waals surface area contributed by atoms with E-state index in [4.69, 9.17) is 14.2 Å². The van der Waals surface area contributed by atoms with Gasteiger partial charge in [0.05, 0.1) is 12.0 Å². The van der Waals surface area contributed by atoms with Gasteiger partial charge in [0.25, 0.3) is 5.56 Å². The smallest absolute Gasteiger partial charge is 0.252 e. The highest BCUT2D eigenvalue weighted by Gasteiger charge is 2.27. The average Bonchev–Trinajstić information content (AvgIpc) is 3.32. The molecule has 0 aliphatic carbocycles. The summed E-state index contributed by atoms with van der Waals surface area (Å²) >= 11 is 0. The Balaban J connectivity index is 1.55. The molecule has 8 nitrogen and oxygen atoms in total.